The number of nitrogens with one attached hydrogen (secondary N) is 1. The van der Waals surface area contributed by atoms with Crippen LogP contribution in [-0.4, -0.2) is 12.7 Å². The molecule has 0 radical (unpaired) electrons. The van der Waals surface area contributed by atoms with Gasteiger partial charge in [-0.2, -0.15) is 0 Å². The molecule has 4 heteroatoms. The molecule has 1 atom stereocenters. The van der Waals surface area contributed by atoms with Crippen LogP contribution < -0.4 is 5.32 Å². The van der Waals surface area contributed by atoms with Crippen LogP contribution in [0.4, 0.5) is 9.18 Å². The Hall–Kier alpha value is -1.58. The number of carbonyl (C=O) groups excluding carboxylic acids is 1. The van der Waals surface area contributed by atoms with E-state index in [0.29, 0.717) is 0 Å². The molecule has 1 aliphatic rings. The predicted molar refractivity (Wildman–Crippen MR) is 48.2 cm³/mol. The maximum absolute atomic E-state index is 12.7. The van der Waals surface area contributed by atoms with Gasteiger partial charge in [-0.15, -0.1) is 0 Å². The lowest BCUT2D eigenvalue weighted by atomic mass is 9.94. The lowest BCUT2D eigenvalue weighted by Crippen LogP contribution is -2.37. The fraction of sp³-hybridized carbons (Fsp3) is 0.300. The first-order valence-electron chi connectivity index (χ1n) is 4.31. The van der Waals surface area contributed by atoms with E-state index in [0.717, 1.165) is 5.56 Å². The van der Waals surface area contributed by atoms with Crippen LogP contribution in [0.3, 0.4) is 0 Å². The Balaban J connectivity index is 2.30. The fourth-order valence-corrected chi connectivity index (χ4v) is 1.48. The lowest BCUT2D eigenvalue weighted by molar-refractivity contribution is 0.173. The van der Waals surface area contributed by atoms with E-state index in [1.165, 1.54) is 12.1 Å². The average Bonchev–Trinajstić information content (AvgIpc) is 2.48. The molecular formula is C10H10FNO2. The minimum absolute atomic E-state index is 0.275. The third kappa shape index (κ3) is 1.43. The minimum atomic E-state index is -0.537. The predicted octanol–water partition coefficient (Wildman–Crippen LogP) is 1.78. The zero-order chi connectivity index (χ0) is 10.2. The summed E-state index contributed by atoms with van der Waals surface area (Å²) >= 11 is 0. The third-order valence-electron chi connectivity index (χ3n) is 2.35. The molecule has 0 unspecified atom stereocenters. The van der Waals surface area contributed by atoms with Gasteiger partial charge in [-0.3, -0.25) is 0 Å². The molecule has 1 heterocycles. The Morgan fingerprint density at radius 3 is 2.57 bits per heavy atom. The van der Waals surface area contributed by atoms with Gasteiger partial charge in [0.2, 0.25) is 0 Å². The van der Waals surface area contributed by atoms with Gasteiger partial charge in [-0.05, 0) is 24.6 Å². The number of carbonyl (C=O) groups is 1. The van der Waals surface area contributed by atoms with Crippen LogP contribution in [0.5, 0.6) is 0 Å². The monoisotopic (exact) mass is 195 g/mol. The van der Waals surface area contributed by atoms with E-state index in [1.54, 1.807) is 12.1 Å². The number of amides is 1. The van der Waals surface area contributed by atoms with Gasteiger partial charge < -0.3 is 10.1 Å². The molecule has 0 spiro atoms. The maximum Gasteiger partial charge on any atom is 0.408 e. The highest BCUT2D eigenvalue weighted by Crippen LogP contribution is 2.25. The van der Waals surface area contributed by atoms with Crippen molar-refractivity contribution < 1.29 is 13.9 Å². The molecule has 1 aliphatic heterocycles. The average molecular weight is 195 g/mol. The molecule has 1 fully saturated rings. The molecule has 0 bridgehead atoms. The van der Waals surface area contributed by atoms with Crippen molar-refractivity contribution >= 4 is 6.09 Å². The van der Waals surface area contributed by atoms with Crippen LogP contribution in [0, 0.1) is 5.82 Å². The summed E-state index contributed by atoms with van der Waals surface area (Å²) < 4.78 is 17.5. The number of halogens is 1. The summed E-state index contributed by atoms with van der Waals surface area (Å²) in [5.74, 6) is -0.289. The van der Waals surface area contributed by atoms with Gasteiger partial charge in [0.25, 0.3) is 0 Å². The van der Waals surface area contributed by atoms with Crippen LogP contribution in [-0.2, 0) is 10.3 Å². The second-order valence-electron chi connectivity index (χ2n) is 3.54. The SMILES string of the molecule is C[C@@]1(c2ccc(F)cc2)COC(=O)N1. The highest BCUT2D eigenvalue weighted by molar-refractivity contribution is 5.71. The first kappa shape index (κ1) is 8.99. The number of ether oxygens (including phenoxy) is 1. The first-order chi connectivity index (χ1) is 6.60. The number of alkyl carbamates (subject to hydrolysis) is 1. The molecular weight excluding hydrogens is 185 g/mol. The number of benzene rings is 1. The maximum atomic E-state index is 12.7. The molecule has 0 saturated carbocycles. The second-order valence-corrected chi connectivity index (χ2v) is 3.54. The summed E-state index contributed by atoms with van der Waals surface area (Å²) in [6.07, 6.45) is -0.433. The Morgan fingerprint density at radius 2 is 2.07 bits per heavy atom. The smallest absolute Gasteiger partial charge is 0.408 e. The van der Waals surface area contributed by atoms with Gasteiger partial charge in [0.15, 0.2) is 0 Å². The standard InChI is InChI=1S/C10H10FNO2/c1-10(6-14-9(13)12-10)7-2-4-8(11)5-3-7/h2-5H,6H2,1H3,(H,12,13)/t10-/m0/s1. The Morgan fingerprint density at radius 1 is 1.43 bits per heavy atom. The largest absolute Gasteiger partial charge is 0.447 e. The van der Waals surface area contributed by atoms with Crippen molar-refractivity contribution in [2.24, 2.45) is 0 Å². The van der Waals surface area contributed by atoms with E-state index >= 15 is 0 Å². The lowest BCUT2D eigenvalue weighted by Gasteiger charge is -2.21. The summed E-state index contributed by atoms with van der Waals surface area (Å²) in [7, 11) is 0. The molecule has 14 heavy (non-hydrogen) atoms. The van der Waals surface area contributed by atoms with Crippen molar-refractivity contribution in [1.29, 1.82) is 0 Å². The Labute approximate surface area is 80.9 Å². The van der Waals surface area contributed by atoms with Crippen LogP contribution in [0.2, 0.25) is 0 Å². The second kappa shape index (κ2) is 2.97. The summed E-state index contributed by atoms with van der Waals surface area (Å²) in [6, 6.07) is 6.02. The highest BCUT2D eigenvalue weighted by Gasteiger charge is 2.36. The summed E-state index contributed by atoms with van der Waals surface area (Å²) in [6.45, 7) is 2.11. The summed E-state index contributed by atoms with van der Waals surface area (Å²) in [4.78, 5) is 10.9. The summed E-state index contributed by atoms with van der Waals surface area (Å²) in [5, 5.41) is 2.68. The van der Waals surface area contributed by atoms with Crippen molar-refractivity contribution in [1.82, 2.24) is 5.32 Å². The minimum Gasteiger partial charge on any atom is -0.447 e. The van der Waals surface area contributed by atoms with Crippen molar-refractivity contribution in [2.75, 3.05) is 6.61 Å². The van der Waals surface area contributed by atoms with E-state index in [-0.39, 0.29) is 12.4 Å². The molecule has 1 amide bonds. The molecule has 74 valence electrons. The molecule has 1 aromatic carbocycles. The van der Waals surface area contributed by atoms with Gasteiger partial charge in [-0.1, -0.05) is 12.1 Å². The highest BCUT2D eigenvalue weighted by atomic mass is 19.1. The van der Waals surface area contributed by atoms with Gasteiger partial charge in [0, 0.05) is 0 Å². The van der Waals surface area contributed by atoms with E-state index in [2.05, 4.69) is 5.32 Å². The quantitative estimate of drug-likeness (QED) is 0.741. The molecule has 1 aromatic rings. The van der Waals surface area contributed by atoms with Gasteiger partial charge >= 0.3 is 6.09 Å². The number of hydrogen-bond donors (Lipinski definition) is 1. The third-order valence-corrected chi connectivity index (χ3v) is 2.35. The normalized spacial score (nSPS) is 25.7. The molecule has 0 aliphatic carbocycles. The van der Waals surface area contributed by atoms with Crippen LogP contribution >= 0.6 is 0 Å². The van der Waals surface area contributed by atoms with Crippen LogP contribution in [0.1, 0.15) is 12.5 Å². The Bertz CT molecular complexity index is 363. The van der Waals surface area contributed by atoms with Crippen molar-refractivity contribution in [3.63, 3.8) is 0 Å². The van der Waals surface area contributed by atoms with Gasteiger partial charge in [0.1, 0.15) is 12.4 Å². The number of cyclic esters (lactones) is 1. The fourth-order valence-electron chi connectivity index (χ4n) is 1.48. The number of rotatable bonds is 1. The van der Waals surface area contributed by atoms with Gasteiger partial charge in [-0.25, -0.2) is 9.18 Å². The van der Waals surface area contributed by atoms with E-state index < -0.39 is 11.6 Å². The zero-order valence-corrected chi connectivity index (χ0v) is 7.71. The molecule has 3 nitrogen and oxygen atoms in total. The summed E-state index contributed by atoms with van der Waals surface area (Å²) in [5.41, 5.74) is 0.301. The molecule has 2 rings (SSSR count). The van der Waals surface area contributed by atoms with Crippen LogP contribution in [0.25, 0.3) is 0 Å². The van der Waals surface area contributed by atoms with Crippen molar-refractivity contribution in [3.05, 3.63) is 35.6 Å². The van der Waals surface area contributed by atoms with Gasteiger partial charge in [0.05, 0.1) is 5.54 Å². The van der Waals surface area contributed by atoms with E-state index in [9.17, 15) is 9.18 Å². The topological polar surface area (TPSA) is 38.3 Å². The molecule has 1 saturated heterocycles. The van der Waals surface area contributed by atoms with Crippen molar-refractivity contribution in [3.8, 4) is 0 Å². The van der Waals surface area contributed by atoms with E-state index in [1.807, 2.05) is 6.92 Å². The molecule has 0 aromatic heterocycles. The Kier molecular flexibility index (Phi) is 1.91. The molecule has 1 N–H and O–H groups in total. The first-order valence-corrected chi connectivity index (χ1v) is 4.31. The zero-order valence-electron chi connectivity index (χ0n) is 7.71. The van der Waals surface area contributed by atoms with Crippen molar-refractivity contribution in [2.45, 2.75) is 12.5 Å². The number of hydrogen-bond acceptors (Lipinski definition) is 2. The van der Waals surface area contributed by atoms with Crippen LogP contribution in [0.15, 0.2) is 24.3 Å². The van der Waals surface area contributed by atoms with E-state index in [4.69, 9.17) is 4.74 Å².